The Morgan fingerprint density at radius 2 is 1.59 bits per heavy atom. The third kappa shape index (κ3) is 5.52. The van der Waals surface area contributed by atoms with E-state index < -0.39 is 0 Å². The van der Waals surface area contributed by atoms with Gasteiger partial charge >= 0.3 is 0 Å². The fourth-order valence-electron chi connectivity index (χ4n) is 3.55. The number of nitrogens with zero attached hydrogens (tertiary/aromatic N) is 2. The van der Waals surface area contributed by atoms with Crippen molar-refractivity contribution in [1.82, 2.24) is 9.80 Å². The summed E-state index contributed by atoms with van der Waals surface area (Å²) < 4.78 is 35.3. The summed E-state index contributed by atoms with van der Waals surface area (Å²) >= 11 is 0. The molecule has 0 N–H and O–H groups in total. The van der Waals surface area contributed by atoms with E-state index in [1.165, 1.54) is 12.1 Å². The average Bonchev–Trinajstić information content (AvgIpc) is 2.74. The molecule has 0 bridgehead atoms. The monoisotopic (exact) mass is 404 g/mol. The summed E-state index contributed by atoms with van der Waals surface area (Å²) in [5, 5.41) is 0. The minimum absolute atomic E-state index is 0.276. The topological polar surface area (TPSA) is 43.4 Å². The van der Waals surface area contributed by atoms with Crippen LogP contribution in [0.2, 0.25) is 0 Å². The Labute approximate surface area is 171 Å². The lowest BCUT2D eigenvalue weighted by atomic mass is 10.1. The Morgan fingerprint density at radius 1 is 0.862 bits per heavy atom. The van der Waals surface area contributed by atoms with Crippen molar-refractivity contribution in [1.29, 1.82) is 0 Å². The minimum atomic E-state index is -0.276. The van der Waals surface area contributed by atoms with Gasteiger partial charge in [0.05, 0.1) is 21.3 Å². The number of hydrogen-bond donors (Lipinski definition) is 0. The second kappa shape index (κ2) is 10.3. The van der Waals surface area contributed by atoms with E-state index >= 15 is 0 Å². The van der Waals surface area contributed by atoms with Crippen LogP contribution in [0.1, 0.15) is 5.56 Å². The van der Waals surface area contributed by atoms with Gasteiger partial charge in [-0.3, -0.25) is 9.80 Å². The lowest BCUT2D eigenvalue weighted by Crippen LogP contribution is -2.47. The van der Waals surface area contributed by atoms with Gasteiger partial charge in [-0.05, 0) is 18.2 Å². The molecule has 3 rings (SSSR count). The molecule has 0 aliphatic carbocycles. The van der Waals surface area contributed by atoms with Gasteiger partial charge in [-0.15, -0.1) is 0 Å². The lowest BCUT2D eigenvalue weighted by molar-refractivity contribution is 0.112. The smallest absolute Gasteiger partial charge is 0.203 e. The van der Waals surface area contributed by atoms with Crippen LogP contribution in [0, 0.1) is 5.82 Å². The van der Waals surface area contributed by atoms with Crippen LogP contribution >= 0.6 is 0 Å². The Morgan fingerprint density at radius 3 is 2.24 bits per heavy atom. The Bertz CT molecular complexity index is 794. The zero-order valence-corrected chi connectivity index (χ0v) is 17.3. The molecule has 1 fully saturated rings. The van der Waals surface area contributed by atoms with Gasteiger partial charge in [0.2, 0.25) is 5.75 Å². The molecule has 6 nitrogen and oxygen atoms in total. The molecule has 2 aromatic carbocycles. The molecule has 0 atom stereocenters. The number of rotatable bonds is 9. The highest BCUT2D eigenvalue weighted by molar-refractivity contribution is 5.55. The molecule has 1 heterocycles. The highest BCUT2D eigenvalue weighted by atomic mass is 19.1. The first-order chi connectivity index (χ1) is 14.1. The summed E-state index contributed by atoms with van der Waals surface area (Å²) in [6.45, 7) is 5.99. The standard InChI is InChI=1S/C22H29FN2O4/c1-26-20-8-7-17(21(27-2)22(20)28-3)16-25-11-9-24(10-12-25)13-14-29-19-6-4-5-18(23)15-19/h4-8,15H,9-14,16H2,1-3H3. The third-order valence-electron chi connectivity index (χ3n) is 5.12. The predicted octanol–water partition coefficient (Wildman–Crippen LogP) is 3.05. The summed E-state index contributed by atoms with van der Waals surface area (Å²) in [5.41, 5.74) is 1.08. The summed E-state index contributed by atoms with van der Waals surface area (Å²) in [7, 11) is 4.89. The van der Waals surface area contributed by atoms with Crippen molar-refractivity contribution in [2.24, 2.45) is 0 Å². The van der Waals surface area contributed by atoms with Gasteiger partial charge < -0.3 is 18.9 Å². The zero-order chi connectivity index (χ0) is 20.6. The van der Waals surface area contributed by atoms with Gasteiger partial charge in [0.1, 0.15) is 18.2 Å². The van der Waals surface area contributed by atoms with E-state index in [2.05, 4.69) is 9.80 Å². The van der Waals surface area contributed by atoms with Crippen molar-refractivity contribution >= 4 is 0 Å². The molecule has 0 spiro atoms. The van der Waals surface area contributed by atoms with E-state index in [0.717, 1.165) is 50.6 Å². The molecule has 0 unspecified atom stereocenters. The van der Waals surface area contributed by atoms with Gasteiger partial charge in [-0.1, -0.05) is 12.1 Å². The van der Waals surface area contributed by atoms with Crippen LogP contribution in [-0.4, -0.2) is 70.5 Å². The molecule has 2 aromatic rings. The van der Waals surface area contributed by atoms with Crippen LogP contribution in [0.25, 0.3) is 0 Å². The molecule has 29 heavy (non-hydrogen) atoms. The van der Waals surface area contributed by atoms with Crippen molar-refractivity contribution in [3.05, 3.63) is 47.8 Å². The molecule has 1 saturated heterocycles. The summed E-state index contributed by atoms with van der Waals surface area (Å²) in [6.07, 6.45) is 0. The highest BCUT2D eigenvalue weighted by Crippen LogP contribution is 2.40. The third-order valence-corrected chi connectivity index (χ3v) is 5.12. The fraction of sp³-hybridized carbons (Fsp3) is 0.455. The van der Waals surface area contributed by atoms with Crippen molar-refractivity contribution < 1.29 is 23.3 Å². The zero-order valence-electron chi connectivity index (χ0n) is 17.3. The average molecular weight is 404 g/mol. The number of halogens is 1. The molecule has 158 valence electrons. The fourth-order valence-corrected chi connectivity index (χ4v) is 3.55. The molecule has 0 aromatic heterocycles. The van der Waals surface area contributed by atoms with Crippen LogP contribution in [-0.2, 0) is 6.54 Å². The normalized spacial score (nSPS) is 15.2. The summed E-state index contributed by atoms with van der Waals surface area (Å²) in [6, 6.07) is 10.2. The van der Waals surface area contributed by atoms with E-state index in [9.17, 15) is 4.39 Å². The molecule has 1 aliphatic rings. The number of ether oxygens (including phenoxy) is 4. The second-order valence-corrected chi connectivity index (χ2v) is 6.92. The quantitative estimate of drug-likeness (QED) is 0.640. The maximum absolute atomic E-state index is 13.2. The van der Waals surface area contributed by atoms with Crippen molar-refractivity contribution in [2.45, 2.75) is 6.54 Å². The Balaban J connectivity index is 1.48. The van der Waals surface area contributed by atoms with Crippen molar-refractivity contribution in [3.63, 3.8) is 0 Å². The van der Waals surface area contributed by atoms with E-state index in [1.807, 2.05) is 12.1 Å². The maximum atomic E-state index is 13.2. The minimum Gasteiger partial charge on any atom is -0.493 e. The number of piperazine rings is 1. The summed E-state index contributed by atoms with van der Waals surface area (Å²) in [5.74, 6) is 2.31. The number of hydrogen-bond acceptors (Lipinski definition) is 6. The Hall–Kier alpha value is -2.51. The molecular weight excluding hydrogens is 375 g/mol. The van der Waals surface area contributed by atoms with Crippen LogP contribution in [0.15, 0.2) is 36.4 Å². The van der Waals surface area contributed by atoms with Crippen LogP contribution in [0.5, 0.6) is 23.0 Å². The van der Waals surface area contributed by atoms with E-state index in [0.29, 0.717) is 23.9 Å². The number of benzene rings is 2. The number of methoxy groups -OCH3 is 3. The summed E-state index contributed by atoms with van der Waals surface area (Å²) in [4.78, 5) is 4.76. The van der Waals surface area contributed by atoms with Crippen LogP contribution in [0.3, 0.4) is 0 Å². The first-order valence-electron chi connectivity index (χ1n) is 9.75. The van der Waals surface area contributed by atoms with Gasteiger partial charge in [0.25, 0.3) is 0 Å². The Kier molecular flexibility index (Phi) is 7.55. The van der Waals surface area contributed by atoms with Gasteiger partial charge in [-0.25, -0.2) is 4.39 Å². The molecular formula is C22H29FN2O4. The van der Waals surface area contributed by atoms with Gasteiger partial charge in [-0.2, -0.15) is 0 Å². The van der Waals surface area contributed by atoms with E-state index in [1.54, 1.807) is 33.5 Å². The predicted molar refractivity (Wildman–Crippen MR) is 110 cm³/mol. The first kappa shape index (κ1) is 21.2. The first-order valence-corrected chi connectivity index (χ1v) is 9.75. The maximum Gasteiger partial charge on any atom is 0.203 e. The van der Waals surface area contributed by atoms with Crippen LogP contribution in [0.4, 0.5) is 4.39 Å². The SMILES string of the molecule is COc1ccc(CN2CCN(CCOc3cccc(F)c3)CC2)c(OC)c1OC. The van der Waals surface area contributed by atoms with Crippen LogP contribution < -0.4 is 18.9 Å². The molecule has 1 aliphatic heterocycles. The largest absolute Gasteiger partial charge is 0.493 e. The van der Waals surface area contributed by atoms with E-state index in [-0.39, 0.29) is 5.82 Å². The van der Waals surface area contributed by atoms with Crippen molar-refractivity contribution in [3.8, 4) is 23.0 Å². The van der Waals surface area contributed by atoms with Crippen molar-refractivity contribution in [2.75, 3.05) is 60.7 Å². The van der Waals surface area contributed by atoms with Gasteiger partial charge in [0.15, 0.2) is 11.5 Å². The molecule has 0 amide bonds. The highest BCUT2D eigenvalue weighted by Gasteiger charge is 2.21. The lowest BCUT2D eigenvalue weighted by Gasteiger charge is -2.34. The second-order valence-electron chi connectivity index (χ2n) is 6.92. The van der Waals surface area contributed by atoms with Gasteiger partial charge in [0, 0.05) is 50.9 Å². The van der Waals surface area contributed by atoms with E-state index in [4.69, 9.17) is 18.9 Å². The molecule has 0 radical (unpaired) electrons. The molecule has 0 saturated carbocycles. The molecule has 7 heteroatoms.